The average molecular weight is 493 g/mol. The van der Waals surface area contributed by atoms with Gasteiger partial charge in [0.1, 0.15) is 34.6 Å². The van der Waals surface area contributed by atoms with E-state index >= 15 is 0 Å². The SMILES string of the molecule is CN(C)c1c(CC(=O)[C@@H]2CCOc3ccccc32)cnc2c(-c3cc(Cl)cc(Cl)c3)ncnc12. The number of rotatable bonds is 5. The lowest BCUT2D eigenvalue weighted by atomic mass is 9.86. The second-order valence-corrected chi connectivity index (χ2v) is 9.35. The lowest BCUT2D eigenvalue weighted by molar-refractivity contribution is -0.120. The number of anilines is 1. The Labute approximate surface area is 207 Å². The Balaban J connectivity index is 1.57. The van der Waals surface area contributed by atoms with Crippen LogP contribution in [0.15, 0.2) is 55.0 Å². The summed E-state index contributed by atoms with van der Waals surface area (Å²) in [5.74, 6) is 0.718. The van der Waals surface area contributed by atoms with E-state index in [1.165, 1.54) is 6.33 Å². The van der Waals surface area contributed by atoms with Gasteiger partial charge in [-0.2, -0.15) is 0 Å². The highest BCUT2D eigenvalue weighted by molar-refractivity contribution is 6.35. The molecule has 4 aromatic rings. The molecule has 172 valence electrons. The van der Waals surface area contributed by atoms with Crippen molar-refractivity contribution >= 4 is 45.7 Å². The molecule has 2 aromatic heterocycles. The van der Waals surface area contributed by atoms with Gasteiger partial charge in [0.25, 0.3) is 0 Å². The molecule has 1 aliphatic rings. The third-order valence-corrected chi connectivity index (χ3v) is 6.43. The number of hydrogen-bond donors (Lipinski definition) is 0. The maximum atomic E-state index is 13.4. The zero-order chi connectivity index (χ0) is 23.8. The lowest BCUT2D eigenvalue weighted by Crippen LogP contribution is -2.23. The van der Waals surface area contributed by atoms with E-state index in [1.54, 1.807) is 24.4 Å². The third kappa shape index (κ3) is 4.19. The van der Waals surface area contributed by atoms with E-state index in [0.29, 0.717) is 39.8 Å². The van der Waals surface area contributed by atoms with Crippen LogP contribution in [-0.2, 0) is 11.2 Å². The third-order valence-electron chi connectivity index (χ3n) is 6.00. The van der Waals surface area contributed by atoms with E-state index in [1.807, 2.05) is 43.3 Å². The molecule has 0 unspecified atom stereocenters. The number of ketones is 1. The number of fused-ring (bicyclic) bond motifs is 2. The fourth-order valence-corrected chi connectivity index (χ4v) is 5.07. The van der Waals surface area contributed by atoms with Crippen molar-refractivity contribution in [1.29, 1.82) is 0 Å². The van der Waals surface area contributed by atoms with Gasteiger partial charge in [-0.1, -0.05) is 41.4 Å². The molecule has 3 heterocycles. The summed E-state index contributed by atoms with van der Waals surface area (Å²) in [7, 11) is 3.87. The summed E-state index contributed by atoms with van der Waals surface area (Å²) in [6.45, 7) is 0.530. The first-order chi connectivity index (χ1) is 16.4. The molecule has 0 radical (unpaired) electrons. The predicted octanol–water partition coefficient (Wildman–Crippen LogP) is 5.74. The van der Waals surface area contributed by atoms with E-state index < -0.39 is 0 Å². The minimum Gasteiger partial charge on any atom is -0.493 e. The highest BCUT2D eigenvalue weighted by atomic mass is 35.5. The molecule has 0 aliphatic carbocycles. The number of ether oxygens (including phenoxy) is 1. The van der Waals surface area contributed by atoms with Crippen LogP contribution < -0.4 is 9.64 Å². The Hall–Kier alpha value is -3.22. The summed E-state index contributed by atoms with van der Waals surface area (Å²) in [6.07, 6.45) is 4.16. The van der Waals surface area contributed by atoms with Crippen molar-refractivity contribution in [1.82, 2.24) is 15.0 Å². The molecule has 0 saturated carbocycles. The lowest BCUT2D eigenvalue weighted by Gasteiger charge is -2.26. The van der Waals surface area contributed by atoms with Gasteiger partial charge in [0.2, 0.25) is 0 Å². The minimum atomic E-state index is -0.203. The molecule has 0 N–H and O–H groups in total. The first-order valence-corrected chi connectivity index (χ1v) is 11.7. The number of benzene rings is 2. The van der Waals surface area contributed by atoms with Gasteiger partial charge in [0, 0.05) is 59.4 Å². The molecule has 1 atom stereocenters. The number of aromatic nitrogens is 3. The second kappa shape index (κ2) is 9.20. The van der Waals surface area contributed by atoms with Crippen LogP contribution in [0.4, 0.5) is 5.69 Å². The van der Waals surface area contributed by atoms with E-state index in [4.69, 9.17) is 27.9 Å². The molecule has 0 saturated heterocycles. The molecule has 8 heteroatoms. The second-order valence-electron chi connectivity index (χ2n) is 8.47. The number of hydrogen-bond acceptors (Lipinski definition) is 6. The van der Waals surface area contributed by atoms with Crippen molar-refractivity contribution in [3.8, 4) is 17.0 Å². The molecule has 0 spiro atoms. The number of halogens is 2. The highest BCUT2D eigenvalue weighted by Crippen LogP contribution is 2.37. The van der Waals surface area contributed by atoms with Crippen LogP contribution >= 0.6 is 23.2 Å². The van der Waals surface area contributed by atoms with Gasteiger partial charge in [0.05, 0.1) is 12.3 Å². The van der Waals surface area contributed by atoms with Gasteiger partial charge in [0.15, 0.2) is 0 Å². The van der Waals surface area contributed by atoms with Gasteiger partial charge in [-0.15, -0.1) is 0 Å². The van der Waals surface area contributed by atoms with Gasteiger partial charge >= 0.3 is 0 Å². The van der Waals surface area contributed by atoms with E-state index in [2.05, 4.69) is 15.0 Å². The van der Waals surface area contributed by atoms with Crippen molar-refractivity contribution in [2.45, 2.75) is 18.8 Å². The average Bonchev–Trinajstić information content (AvgIpc) is 2.82. The molecular weight excluding hydrogens is 471 g/mol. The normalized spacial score (nSPS) is 15.0. The zero-order valence-corrected chi connectivity index (χ0v) is 20.3. The summed E-state index contributed by atoms with van der Waals surface area (Å²) in [6, 6.07) is 13.0. The standard InChI is InChI=1S/C26H22Cl2N4O2/c1-32(2)26-16(11-21(33)19-7-8-34-22-6-4-3-5-20(19)22)13-29-24-23(30-14-31-25(24)26)15-9-17(27)12-18(28)10-15/h3-6,9-10,12-14,19H,7-8,11H2,1-2H3/t19-/m1/s1. The van der Waals surface area contributed by atoms with Crippen LogP contribution in [0.25, 0.3) is 22.3 Å². The maximum Gasteiger partial charge on any atom is 0.145 e. The van der Waals surface area contributed by atoms with Crippen LogP contribution in [0.1, 0.15) is 23.5 Å². The first kappa shape index (κ1) is 22.6. The Kier molecular flexibility index (Phi) is 6.11. The van der Waals surface area contributed by atoms with E-state index in [0.717, 1.165) is 28.1 Å². The number of carbonyl (C=O) groups excluding carboxylic acids is 1. The summed E-state index contributed by atoms with van der Waals surface area (Å²) in [4.78, 5) is 29.1. The Bertz CT molecular complexity index is 1390. The predicted molar refractivity (Wildman–Crippen MR) is 135 cm³/mol. The number of carbonyl (C=O) groups is 1. The smallest absolute Gasteiger partial charge is 0.145 e. The van der Waals surface area contributed by atoms with Crippen molar-refractivity contribution in [3.63, 3.8) is 0 Å². The van der Waals surface area contributed by atoms with Crippen LogP contribution in [-0.4, -0.2) is 41.4 Å². The minimum absolute atomic E-state index is 0.135. The molecule has 1 aliphatic heterocycles. The topological polar surface area (TPSA) is 68.2 Å². The number of Topliss-reactive ketones (excluding diaryl/α,β-unsaturated/α-hetero) is 1. The quantitative estimate of drug-likeness (QED) is 0.353. The molecule has 2 aromatic carbocycles. The van der Waals surface area contributed by atoms with Crippen LogP contribution in [0, 0.1) is 0 Å². The van der Waals surface area contributed by atoms with Crippen LogP contribution in [0.2, 0.25) is 10.0 Å². The van der Waals surface area contributed by atoms with Gasteiger partial charge in [-0.3, -0.25) is 9.78 Å². The largest absolute Gasteiger partial charge is 0.493 e. The van der Waals surface area contributed by atoms with Gasteiger partial charge in [-0.25, -0.2) is 9.97 Å². The maximum absolute atomic E-state index is 13.4. The summed E-state index contributed by atoms with van der Waals surface area (Å²) in [5.41, 5.74) is 5.29. The number of para-hydroxylation sites is 1. The fourth-order valence-electron chi connectivity index (χ4n) is 4.55. The molecule has 0 amide bonds. The zero-order valence-electron chi connectivity index (χ0n) is 18.8. The monoisotopic (exact) mass is 492 g/mol. The summed E-state index contributed by atoms with van der Waals surface area (Å²) < 4.78 is 5.74. The van der Waals surface area contributed by atoms with Crippen molar-refractivity contribution in [2.75, 3.05) is 25.6 Å². The Morgan fingerprint density at radius 3 is 2.59 bits per heavy atom. The molecule has 34 heavy (non-hydrogen) atoms. The number of nitrogens with zero attached hydrogens (tertiary/aromatic N) is 4. The van der Waals surface area contributed by atoms with Gasteiger partial charge < -0.3 is 9.64 Å². The fraction of sp³-hybridized carbons (Fsp3) is 0.231. The van der Waals surface area contributed by atoms with Crippen molar-refractivity contribution in [3.05, 3.63) is 76.2 Å². The van der Waals surface area contributed by atoms with Crippen molar-refractivity contribution in [2.24, 2.45) is 0 Å². The van der Waals surface area contributed by atoms with E-state index in [-0.39, 0.29) is 18.1 Å². The molecule has 0 bridgehead atoms. The highest BCUT2D eigenvalue weighted by Gasteiger charge is 2.28. The molecule has 0 fully saturated rings. The summed E-state index contributed by atoms with van der Waals surface area (Å²) in [5, 5.41) is 1.03. The number of pyridine rings is 1. The van der Waals surface area contributed by atoms with Crippen LogP contribution in [0.5, 0.6) is 5.75 Å². The Morgan fingerprint density at radius 1 is 1.06 bits per heavy atom. The molecule has 5 rings (SSSR count). The Morgan fingerprint density at radius 2 is 1.82 bits per heavy atom. The van der Waals surface area contributed by atoms with Crippen molar-refractivity contribution < 1.29 is 9.53 Å². The summed E-state index contributed by atoms with van der Waals surface area (Å²) >= 11 is 12.4. The first-order valence-electron chi connectivity index (χ1n) is 10.9. The molecular formula is C26H22Cl2N4O2. The van der Waals surface area contributed by atoms with Crippen LogP contribution in [0.3, 0.4) is 0 Å². The van der Waals surface area contributed by atoms with Gasteiger partial charge in [-0.05, 0) is 30.7 Å². The molecule has 6 nitrogen and oxygen atoms in total. The van der Waals surface area contributed by atoms with E-state index in [9.17, 15) is 4.79 Å².